The molecule has 2 rings (SSSR count). The number of carbonyl (C=O) groups is 1. The number of hydrogen-bond donors (Lipinski definition) is 0. The molecule has 1 aliphatic heterocycles. The third kappa shape index (κ3) is 2.14. The summed E-state index contributed by atoms with van der Waals surface area (Å²) < 4.78 is 11.0. The van der Waals surface area contributed by atoms with Gasteiger partial charge in [-0.05, 0) is 39.3 Å². The maximum Gasteiger partial charge on any atom is 0.338 e. The summed E-state index contributed by atoms with van der Waals surface area (Å²) in [6.45, 7) is 8.26. The van der Waals surface area contributed by atoms with Crippen LogP contribution in [0.4, 0.5) is 0 Å². The van der Waals surface area contributed by atoms with Crippen molar-refractivity contribution in [2.45, 2.75) is 39.7 Å². The quantitative estimate of drug-likeness (QED) is 0.738. The number of ether oxygens (including phenoxy) is 2. The molecule has 0 aliphatic carbocycles. The van der Waals surface area contributed by atoms with E-state index in [1.165, 1.54) is 0 Å². The molecule has 0 amide bonds. The van der Waals surface area contributed by atoms with Gasteiger partial charge in [0.2, 0.25) is 0 Å². The van der Waals surface area contributed by atoms with Crippen molar-refractivity contribution in [1.82, 2.24) is 0 Å². The molecule has 3 heteroatoms. The zero-order chi connectivity index (χ0) is 12.6. The van der Waals surface area contributed by atoms with Gasteiger partial charge in [0.05, 0.1) is 12.2 Å². The number of benzene rings is 1. The highest BCUT2D eigenvalue weighted by molar-refractivity contribution is 5.92. The van der Waals surface area contributed by atoms with Gasteiger partial charge in [-0.2, -0.15) is 0 Å². The standard InChI is InChI=1S/C14H18O3/c1-5-16-13(15)10-7-6-9(2)12-11(10)8-14(3,4)17-12/h6-7H,5,8H2,1-4H3. The molecule has 0 atom stereocenters. The predicted octanol–water partition coefficient (Wildman–Crippen LogP) is 2.89. The van der Waals surface area contributed by atoms with E-state index in [1.54, 1.807) is 0 Å². The van der Waals surface area contributed by atoms with Gasteiger partial charge in [0.25, 0.3) is 0 Å². The first-order valence-corrected chi connectivity index (χ1v) is 5.93. The van der Waals surface area contributed by atoms with Gasteiger partial charge in [0.1, 0.15) is 11.4 Å². The van der Waals surface area contributed by atoms with Crippen LogP contribution in [0.1, 0.15) is 42.3 Å². The molecule has 1 aliphatic rings. The van der Waals surface area contributed by atoms with Gasteiger partial charge in [-0.15, -0.1) is 0 Å². The van der Waals surface area contributed by atoms with Crippen LogP contribution < -0.4 is 4.74 Å². The van der Waals surface area contributed by atoms with E-state index in [2.05, 4.69) is 0 Å². The van der Waals surface area contributed by atoms with Gasteiger partial charge in [0.15, 0.2) is 0 Å². The fourth-order valence-corrected chi connectivity index (χ4v) is 2.20. The summed E-state index contributed by atoms with van der Waals surface area (Å²) in [6.07, 6.45) is 0.748. The molecule has 0 unspecified atom stereocenters. The molecule has 0 N–H and O–H groups in total. The van der Waals surface area contributed by atoms with Crippen LogP contribution in [0.3, 0.4) is 0 Å². The van der Waals surface area contributed by atoms with Crippen LogP contribution in [0.2, 0.25) is 0 Å². The molecule has 0 saturated heterocycles. The Morgan fingerprint density at radius 2 is 2.18 bits per heavy atom. The van der Waals surface area contributed by atoms with Crippen molar-refractivity contribution in [2.24, 2.45) is 0 Å². The van der Waals surface area contributed by atoms with Crippen molar-refractivity contribution < 1.29 is 14.3 Å². The number of aryl methyl sites for hydroxylation is 1. The summed E-state index contributed by atoms with van der Waals surface area (Å²) in [5, 5.41) is 0. The number of rotatable bonds is 2. The lowest BCUT2D eigenvalue weighted by Gasteiger charge is -2.17. The van der Waals surface area contributed by atoms with Crippen LogP contribution in [0.15, 0.2) is 12.1 Å². The molecule has 0 saturated carbocycles. The number of esters is 1. The number of hydrogen-bond acceptors (Lipinski definition) is 3. The second-order valence-electron chi connectivity index (χ2n) is 5.00. The molecule has 0 bridgehead atoms. The Morgan fingerprint density at radius 3 is 2.82 bits per heavy atom. The second kappa shape index (κ2) is 4.06. The Kier molecular flexibility index (Phi) is 2.86. The normalized spacial score (nSPS) is 16.2. The number of carbonyl (C=O) groups excluding carboxylic acids is 1. The fourth-order valence-electron chi connectivity index (χ4n) is 2.20. The minimum Gasteiger partial charge on any atom is -0.487 e. The van der Waals surface area contributed by atoms with E-state index in [0.29, 0.717) is 12.2 Å². The van der Waals surface area contributed by atoms with Crippen LogP contribution in [0, 0.1) is 6.92 Å². The van der Waals surface area contributed by atoms with E-state index in [0.717, 1.165) is 23.3 Å². The summed E-state index contributed by atoms with van der Waals surface area (Å²) in [7, 11) is 0. The van der Waals surface area contributed by atoms with Gasteiger partial charge in [-0.25, -0.2) is 4.79 Å². The first kappa shape index (κ1) is 12.0. The van der Waals surface area contributed by atoms with Crippen molar-refractivity contribution in [2.75, 3.05) is 6.61 Å². The molecule has 1 aromatic carbocycles. The van der Waals surface area contributed by atoms with Crippen LogP contribution in [-0.4, -0.2) is 18.2 Å². The SMILES string of the molecule is CCOC(=O)c1ccc(C)c2c1CC(C)(C)O2. The average Bonchev–Trinajstić information content (AvgIpc) is 2.55. The largest absolute Gasteiger partial charge is 0.487 e. The molecule has 17 heavy (non-hydrogen) atoms. The smallest absolute Gasteiger partial charge is 0.338 e. The van der Waals surface area contributed by atoms with E-state index >= 15 is 0 Å². The first-order chi connectivity index (χ1) is 7.94. The highest BCUT2D eigenvalue weighted by atomic mass is 16.5. The Bertz CT molecular complexity index is 461. The average molecular weight is 234 g/mol. The fraction of sp³-hybridized carbons (Fsp3) is 0.500. The zero-order valence-electron chi connectivity index (χ0n) is 10.8. The van der Waals surface area contributed by atoms with Crippen LogP contribution in [0.25, 0.3) is 0 Å². The van der Waals surface area contributed by atoms with E-state index in [4.69, 9.17) is 9.47 Å². The van der Waals surface area contributed by atoms with E-state index < -0.39 is 0 Å². The first-order valence-electron chi connectivity index (χ1n) is 5.93. The third-order valence-electron chi connectivity index (χ3n) is 2.93. The van der Waals surface area contributed by atoms with Gasteiger partial charge in [0, 0.05) is 12.0 Å². The van der Waals surface area contributed by atoms with Crippen LogP contribution in [-0.2, 0) is 11.2 Å². The van der Waals surface area contributed by atoms with Crippen molar-refractivity contribution in [3.05, 3.63) is 28.8 Å². The van der Waals surface area contributed by atoms with E-state index in [1.807, 2.05) is 39.8 Å². The third-order valence-corrected chi connectivity index (χ3v) is 2.93. The predicted molar refractivity (Wildman–Crippen MR) is 65.5 cm³/mol. The molecular formula is C14H18O3. The van der Waals surface area contributed by atoms with Crippen molar-refractivity contribution in [3.8, 4) is 5.75 Å². The Balaban J connectivity index is 2.45. The topological polar surface area (TPSA) is 35.5 Å². The molecular weight excluding hydrogens is 216 g/mol. The van der Waals surface area contributed by atoms with Gasteiger partial charge in [-0.1, -0.05) is 6.07 Å². The maximum atomic E-state index is 11.8. The highest BCUT2D eigenvalue weighted by Crippen LogP contribution is 2.39. The lowest BCUT2D eigenvalue weighted by molar-refractivity contribution is 0.0525. The molecule has 1 heterocycles. The summed E-state index contributed by atoms with van der Waals surface area (Å²) in [5.41, 5.74) is 2.44. The van der Waals surface area contributed by atoms with Gasteiger partial charge in [-0.3, -0.25) is 0 Å². The minimum absolute atomic E-state index is 0.240. The summed E-state index contributed by atoms with van der Waals surface area (Å²) in [5.74, 6) is 0.589. The zero-order valence-corrected chi connectivity index (χ0v) is 10.8. The summed E-state index contributed by atoms with van der Waals surface area (Å²) in [6, 6.07) is 3.74. The Labute approximate surface area is 102 Å². The number of fused-ring (bicyclic) bond motifs is 1. The lowest BCUT2D eigenvalue weighted by Crippen LogP contribution is -2.25. The van der Waals surface area contributed by atoms with Gasteiger partial charge >= 0.3 is 5.97 Å². The molecule has 0 aromatic heterocycles. The van der Waals surface area contributed by atoms with Crippen LogP contribution >= 0.6 is 0 Å². The van der Waals surface area contributed by atoms with Crippen molar-refractivity contribution in [1.29, 1.82) is 0 Å². The van der Waals surface area contributed by atoms with Crippen molar-refractivity contribution >= 4 is 5.97 Å². The van der Waals surface area contributed by atoms with E-state index in [-0.39, 0.29) is 11.6 Å². The van der Waals surface area contributed by atoms with Crippen molar-refractivity contribution in [3.63, 3.8) is 0 Å². The Morgan fingerprint density at radius 1 is 1.47 bits per heavy atom. The molecule has 0 spiro atoms. The summed E-state index contributed by atoms with van der Waals surface area (Å²) in [4.78, 5) is 11.8. The Hall–Kier alpha value is -1.51. The lowest BCUT2D eigenvalue weighted by atomic mass is 9.96. The molecule has 3 nitrogen and oxygen atoms in total. The molecule has 0 radical (unpaired) electrons. The minimum atomic E-state index is -0.259. The van der Waals surface area contributed by atoms with E-state index in [9.17, 15) is 4.79 Å². The maximum absolute atomic E-state index is 11.8. The molecule has 1 aromatic rings. The van der Waals surface area contributed by atoms with Gasteiger partial charge < -0.3 is 9.47 Å². The molecule has 0 fully saturated rings. The monoisotopic (exact) mass is 234 g/mol. The molecule has 92 valence electrons. The summed E-state index contributed by atoms with van der Waals surface area (Å²) >= 11 is 0. The van der Waals surface area contributed by atoms with Crippen LogP contribution in [0.5, 0.6) is 5.75 Å². The second-order valence-corrected chi connectivity index (χ2v) is 5.00. The highest BCUT2D eigenvalue weighted by Gasteiger charge is 2.34.